The number of pyridine rings is 1. The van der Waals surface area contributed by atoms with Crippen LogP contribution in [0.4, 0.5) is 0 Å². The van der Waals surface area contributed by atoms with Gasteiger partial charge in [0.25, 0.3) is 5.91 Å². The molecule has 0 saturated carbocycles. The third kappa shape index (κ3) is 5.26. The molecule has 0 aromatic carbocycles. The van der Waals surface area contributed by atoms with Crippen molar-refractivity contribution in [2.75, 3.05) is 0 Å². The average molecular weight is 280 g/mol. The molecule has 0 radical (unpaired) electrons. The Morgan fingerprint density at radius 2 is 2.05 bits per heavy atom. The van der Waals surface area contributed by atoms with Crippen LogP contribution in [0.15, 0.2) is 18.5 Å². The largest absolute Gasteiger partial charge is 0.505 e. The maximum Gasteiger partial charge on any atom is 0.305 e. The van der Waals surface area contributed by atoms with E-state index in [1.54, 1.807) is 0 Å². The minimum atomic E-state index is -0.974. The number of carbonyl (C=O) groups is 2. The van der Waals surface area contributed by atoms with Gasteiger partial charge in [0.05, 0.1) is 18.2 Å². The van der Waals surface area contributed by atoms with Crippen molar-refractivity contribution < 1.29 is 19.8 Å². The summed E-state index contributed by atoms with van der Waals surface area (Å²) >= 11 is 0. The van der Waals surface area contributed by atoms with Crippen LogP contribution in [-0.2, 0) is 4.79 Å². The van der Waals surface area contributed by atoms with Crippen LogP contribution >= 0.6 is 0 Å². The number of hydrogen-bond donors (Lipinski definition) is 3. The zero-order valence-corrected chi connectivity index (χ0v) is 11.9. The van der Waals surface area contributed by atoms with E-state index in [1.807, 2.05) is 20.8 Å². The first-order valence-corrected chi connectivity index (χ1v) is 6.34. The zero-order valence-electron chi connectivity index (χ0n) is 11.9. The van der Waals surface area contributed by atoms with E-state index >= 15 is 0 Å². The molecule has 1 unspecified atom stereocenters. The minimum absolute atomic E-state index is 0.0873. The Balaban J connectivity index is 2.81. The Labute approximate surface area is 117 Å². The Morgan fingerprint density at radius 1 is 1.40 bits per heavy atom. The summed E-state index contributed by atoms with van der Waals surface area (Å²) in [5, 5.41) is 21.1. The van der Waals surface area contributed by atoms with E-state index in [2.05, 4.69) is 10.3 Å². The number of aromatic nitrogens is 1. The van der Waals surface area contributed by atoms with Gasteiger partial charge < -0.3 is 15.5 Å². The molecule has 1 amide bonds. The molecule has 0 fully saturated rings. The highest BCUT2D eigenvalue weighted by Gasteiger charge is 2.24. The lowest BCUT2D eigenvalue weighted by Crippen LogP contribution is -2.39. The van der Waals surface area contributed by atoms with Crippen molar-refractivity contribution in [3.8, 4) is 5.75 Å². The molecule has 0 spiro atoms. The molecule has 0 aliphatic rings. The minimum Gasteiger partial charge on any atom is -0.505 e. The fraction of sp³-hybridized carbons (Fsp3) is 0.500. The van der Waals surface area contributed by atoms with Gasteiger partial charge in [-0.3, -0.25) is 14.6 Å². The van der Waals surface area contributed by atoms with Crippen molar-refractivity contribution in [1.29, 1.82) is 0 Å². The Kier molecular flexibility index (Phi) is 5.07. The highest BCUT2D eigenvalue weighted by atomic mass is 16.4. The monoisotopic (exact) mass is 280 g/mol. The zero-order chi connectivity index (χ0) is 15.3. The first-order chi connectivity index (χ1) is 9.19. The van der Waals surface area contributed by atoms with E-state index in [4.69, 9.17) is 5.11 Å². The molecule has 1 aromatic heterocycles. The van der Waals surface area contributed by atoms with Gasteiger partial charge in [-0.15, -0.1) is 0 Å². The van der Waals surface area contributed by atoms with Gasteiger partial charge in [0.2, 0.25) is 0 Å². The molecule has 0 bridgehead atoms. The van der Waals surface area contributed by atoms with Crippen LogP contribution in [0.1, 0.15) is 44.0 Å². The maximum atomic E-state index is 12.1. The summed E-state index contributed by atoms with van der Waals surface area (Å²) in [5.41, 5.74) is -0.0301. The molecule has 1 rings (SSSR count). The number of nitrogens with zero attached hydrogens (tertiary/aromatic N) is 1. The number of carboxylic acid groups (broad SMARTS) is 1. The van der Waals surface area contributed by atoms with Gasteiger partial charge in [0.15, 0.2) is 0 Å². The number of aliphatic carboxylic acids is 1. The lowest BCUT2D eigenvalue weighted by molar-refractivity contribution is -0.137. The van der Waals surface area contributed by atoms with Gasteiger partial charge >= 0.3 is 5.97 Å². The molecule has 0 saturated heterocycles. The van der Waals surface area contributed by atoms with Crippen molar-refractivity contribution in [2.45, 2.75) is 39.7 Å². The lowest BCUT2D eigenvalue weighted by Gasteiger charge is -2.25. The van der Waals surface area contributed by atoms with E-state index in [0.717, 1.165) is 0 Å². The van der Waals surface area contributed by atoms with Crippen molar-refractivity contribution in [3.05, 3.63) is 24.0 Å². The number of rotatable bonds is 5. The van der Waals surface area contributed by atoms with Gasteiger partial charge in [0, 0.05) is 12.2 Å². The van der Waals surface area contributed by atoms with Crippen molar-refractivity contribution in [3.63, 3.8) is 0 Å². The normalized spacial score (nSPS) is 12.8. The van der Waals surface area contributed by atoms with Crippen LogP contribution in [-0.4, -0.2) is 33.1 Å². The van der Waals surface area contributed by atoms with Crippen LogP contribution in [0.3, 0.4) is 0 Å². The van der Waals surface area contributed by atoms with E-state index in [-0.39, 0.29) is 23.1 Å². The molecule has 110 valence electrons. The number of carboxylic acids is 1. The summed E-state index contributed by atoms with van der Waals surface area (Å²) < 4.78 is 0. The number of nitrogens with one attached hydrogen (secondary N) is 1. The van der Waals surface area contributed by atoms with E-state index in [1.165, 1.54) is 18.5 Å². The number of hydrogen-bond acceptors (Lipinski definition) is 4. The molecule has 1 heterocycles. The molecule has 6 heteroatoms. The van der Waals surface area contributed by atoms with E-state index in [9.17, 15) is 14.7 Å². The number of amides is 1. The second-order valence-electron chi connectivity index (χ2n) is 5.93. The van der Waals surface area contributed by atoms with Crippen LogP contribution in [0.25, 0.3) is 0 Å². The average Bonchev–Trinajstić information content (AvgIpc) is 2.25. The molecule has 20 heavy (non-hydrogen) atoms. The quantitative estimate of drug-likeness (QED) is 0.763. The molecule has 0 aliphatic heterocycles. The van der Waals surface area contributed by atoms with Crippen LogP contribution in [0.2, 0.25) is 0 Å². The van der Waals surface area contributed by atoms with Gasteiger partial charge in [-0.25, -0.2) is 0 Å². The predicted molar refractivity (Wildman–Crippen MR) is 73.5 cm³/mol. The van der Waals surface area contributed by atoms with Crippen molar-refractivity contribution in [1.82, 2.24) is 10.3 Å². The Hall–Kier alpha value is -2.11. The fourth-order valence-corrected chi connectivity index (χ4v) is 1.97. The Morgan fingerprint density at radius 3 is 2.55 bits per heavy atom. The molecule has 1 aromatic rings. The molecule has 0 aliphatic carbocycles. The number of carbonyl (C=O) groups excluding carboxylic acids is 1. The third-order valence-corrected chi connectivity index (χ3v) is 2.66. The molecular weight excluding hydrogens is 260 g/mol. The highest BCUT2D eigenvalue weighted by Crippen LogP contribution is 2.23. The number of aromatic hydroxyl groups is 1. The topological polar surface area (TPSA) is 99.5 Å². The first-order valence-electron chi connectivity index (χ1n) is 6.34. The van der Waals surface area contributed by atoms with Crippen LogP contribution in [0, 0.1) is 5.41 Å². The highest BCUT2D eigenvalue weighted by molar-refractivity contribution is 5.96. The van der Waals surface area contributed by atoms with Crippen LogP contribution < -0.4 is 5.32 Å². The molecule has 3 N–H and O–H groups in total. The smallest absolute Gasteiger partial charge is 0.305 e. The fourth-order valence-electron chi connectivity index (χ4n) is 1.97. The first kappa shape index (κ1) is 15.9. The summed E-state index contributed by atoms with van der Waals surface area (Å²) in [5.74, 6) is -1.70. The summed E-state index contributed by atoms with van der Waals surface area (Å²) in [6.07, 6.45) is 2.93. The second kappa shape index (κ2) is 6.36. The van der Waals surface area contributed by atoms with E-state index < -0.39 is 17.9 Å². The standard InChI is InChI=1S/C14H20N2O4/c1-14(2,3)7-9(6-12(18)19)16-13(20)10-4-5-15-8-11(10)17/h4-5,8-9,17H,6-7H2,1-3H3,(H,16,20)(H,18,19). The van der Waals surface area contributed by atoms with Gasteiger partial charge in [-0.2, -0.15) is 0 Å². The Bertz CT molecular complexity index is 494. The van der Waals surface area contributed by atoms with Crippen molar-refractivity contribution in [2.24, 2.45) is 5.41 Å². The second-order valence-corrected chi connectivity index (χ2v) is 5.93. The van der Waals surface area contributed by atoms with Gasteiger partial charge in [0.1, 0.15) is 5.75 Å². The summed E-state index contributed by atoms with van der Waals surface area (Å²) in [6.45, 7) is 5.91. The van der Waals surface area contributed by atoms with Crippen molar-refractivity contribution >= 4 is 11.9 Å². The summed E-state index contributed by atoms with van der Waals surface area (Å²) in [4.78, 5) is 26.6. The van der Waals surface area contributed by atoms with Gasteiger partial charge in [-0.05, 0) is 17.9 Å². The third-order valence-electron chi connectivity index (χ3n) is 2.66. The molecule has 6 nitrogen and oxygen atoms in total. The molecular formula is C14H20N2O4. The maximum absolute atomic E-state index is 12.1. The summed E-state index contributed by atoms with van der Waals surface area (Å²) in [6, 6.07) is 0.895. The van der Waals surface area contributed by atoms with E-state index in [0.29, 0.717) is 6.42 Å². The lowest BCUT2D eigenvalue weighted by atomic mass is 9.87. The summed E-state index contributed by atoms with van der Waals surface area (Å²) in [7, 11) is 0. The SMILES string of the molecule is CC(C)(C)CC(CC(=O)O)NC(=O)c1ccncc1O. The van der Waals surface area contributed by atoms with Gasteiger partial charge in [-0.1, -0.05) is 20.8 Å². The predicted octanol–water partition coefficient (Wildman–Crippen LogP) is 1.80. The molecule has 1 atom stereocenters. The van der Waals surface area contributed by atoms with Crippen LogP contribution in [0.5, 0.6) is 5.75 Å².